The molecule has 0 atom stereocenters. The quantitative estimate of drug-likeness (QED) is 0.204. The van der Waals surface area contributed by atoms with E-state index in [1.165, 1.54) is 80.5 Å². The van der Waals surface area contributed by atoms with E-state index in [2.05, 4.69) is 142 Å². The van der Waals surface area contributed by atoms with E-state index in [0.717, 1.165) is 10.9 Å². The summed E-state index contributed by atoms with van der Waals surface area (Å²) >= 11 is 3.87. The third-order valence-corrected chi connectivity index (χ3v) is 8.26. The summed E-state index contributed by atoms with van der Waals surface area (Å²) in [5, 5.41) is 1.40. The molecule has 0 fully saturated rings. The standard InChI is InChI=1S/C36H28BrN/c37-31-22-30(23-32(24-31)38-35-17-9-7-15-33(35)34-16-8-10-18-36(34)38)29-20-27(25-11-3-1-4-12-25)19-28(21-29)26-13-5-2-6-14-26/h1-7,9,11-15,17,19-24H,8,10,16,18H2. The monoisotopic (exact) mass is 553 g/mol. The number of halogens is 1. The molecule has 0 saturated heterocycles. The molecule has 6 aromatic rings. The van der Waals surface area contributed by atoms with Crippen molar-refractivity contribution in [3.05, 3.63) is 137 Å². The maximum absolute atomic E-state index is 3.87. The van der Waals surface area contributed by atoms with Gasteiger partial charge in [-0.15, -0.1) is 0 Å². The van der Waals surface area contributed by atoms with Crippen LogP contribution in [0.4, 0.5) is 0 Å². The van der Waals surface area contributed by atoms with Crippen molar-refractivity contribution in [1.82, 2.24) is 4.57 Å². The van der Waals surface area contributed by atoms with Gasteiger partial charge in [-0.3, -0.25) is 0 Å². The molecular formula is C36H28BrN. The summed E-state index contributed by atoms with van der Waals surface area (Å²) in [6.07, 6.45) is 4.83. The van der Waals surface area contributed by atoms with Crippen molar-refractivity contribution in [2.75, 3.05) is 0 Å². The third-order valence-electron chi connectivity index (χ3n) is 7.80. The van der Waals surface area contributed by atoms with Crippen molar-refractivity contribution in [2.24, 2.45) is 0 Å². The van der Waals surface area contributed by atoms with E-state index in [4.69, 9.17) is 0 Å². The normalized spacial score (nSPS) is 13.0. The zero-order valence-electron chi connectivity index (χ0n) is 21.2. The number of benzene rings is 5. The van der Waals surface area contributed by atoms with E-state index in [0.29, 0.717) is 0 Å². The molecule has 38 heavy (non-hydrogen) atoms. The van der Waals surface area contributed by atoms with Crippen LogP contribution in [0.5, 0.6) is 0 Å². The summed E-state index contributed by atoms with van der Waals surface area (Å²) in [5.74, 6) is 0. The number of aromatic nitrogens is 1. The highest BCUT2D eigenvalue weighted by Gasteiger charge is 2.21. The van der Waals surface area contributed by atoms with E-state index >= 15 is 0 Å². The summed E-state index contributed by atoms with van der Waals surface area (Å²) in [5.41, 5.74) is 12.9. The smallest absolute Gasteiger partial charge is 0.0534 e. The Bertz CT molecular complexity index is 1710. The Morgan fingerprint density at radius 1 is 0.500 bits per heavy atom. The Morgan fingerprint density at radius 3 is 1.74 bits per heavy atom. The van der Waals surface area contributed by atoms with Crippen molar-refractivity contribution >= 4 is 26.8 Å². The maximum atomic E-state index is 3.87. The molecule has 1 aromatic heterocycles. The molecule has 0 bridgehead atoms. The molecule has 1 aliphatic rings. The van der Waals surface area contributed by atoms with Gasteiger partial charge in [-0.25, -0.2) is 0 Å². The second kappa shape index (κ2) is 9.78. The van der Waals surface area contributed by atoms with Crippen LogP contribution in [0.25, 0.3) is 50.0 Å². The Balaban J connectivity index is 1.44. The maximum Gasteiger partial charge on any atom is 0.0534 e. The summed E-state index contributed by atoms with van der Waals surface area (Å²) < 4.78 is 3.61. The molecular weight excluding hydrogens is 526 g/mol. The van der Waals surface area contributed by atoms with Gasteiger partial charge >= 0.3 is 0 Å². The Labute approximate surface area is 232 Å². The predicted molar refractivity (Wildman–Crippen MR) is 164 cm³/mol. The fourth-order valence-corrected chi connectivity index (χ4v) is 6.53. The fraction of sp³-hybridized carbons (Fsp3) is 0.111. The first-order chi connectivity index (χ1) is 18.7. The van der Waals surface area contributed by atoms with Gasteiger partial charge in [-0.05, 0) is 107 Å². The van der Waals surface area contributed by atoms with Crippen LogP contribution < -0.4 is 0 Å². The van der Waals surface area contributed by atoms with Crippen molar-refractivity contribution < 1.29 is 0 Å². The minimum atomic E-state index is 1.10. The molecule has 0 amide bonds. The van der Waals surface area contributed by atoms with Gasteiger partial charge in [0.2, 0.25) is 0 Å². The SMILES string of the molecule is Brc1cc(-c2cc(-c3ccccc3)cc(-c3ccccc3)c2)cc(-n2c3c(c4ccccc42)CCCC3)c1. The van der Waals surface area contributed by atoms with Crippen molar-refractivity contribution in [2.45, 2.75) is 25.7 Å². The molecule has 1 aliphatic carbocycles. The first kappa shape index (κ1) is 23.3. The summed E-state index contributed by atoms with van der Waals surface area (Å²) in [7, 11) is 0. The van der Waals surface area contributed by atoms with Crippen molar-refractivity contribution in [1.29, 1.82) is 0 Å². The van der Waals surface area contributed by atoms with Crippen molar-refractivity contribution in [3.8, 4) is 39.1 Å². The highest BCUT2D eigenvalue weighted by atomic mass is 79.9. The van der Waals surface area contributed by atoms with Gasteiger partial charge in [0, 0.05) is 21.2 Å². The van der Waals surface area contributed by atoms with E-state index < -0.39 is 0 Å². The van der Waals surface area contributed by atoms with E-state index in [9.17, 15) is 0 Å². The lowest BCUT2D eigenvalue weighted by Gasteiger charge is -2.18. The summed E-state index contributed by atoms with van der Waals surface area (Å²) in [6.45, 7) is 0. The molecule has 1 nitrogen and oxygen atoms in total. The molecule has 0 aliphatic heterocycles. The van der Waals surface area contributed by atoms with Crippen LogP contribution in [0.2, 0.25) is 0 Å². The molecule has 2 heteroatoms. The number of aryl methyl sites for hydroxylation is 1. The zero-order valence-corrected chi connectivity index (χ0v) is 22.8. The highest BCUT2D eigenvalue weighted by molar-refractivity contribution is 9.10. The van der Waals surface area contributed by atoms with Gasteiger partial charge in [0.1, 0.15) is 0 Å². The molecule has 0 radical (unpaired) electrons. The average Bonchev–Trinajstić information content (AvgIpc) is 3.32. The summed E-state index contributed by atoms with van der Waals surface area (Å²) in [6, 6.07) is 44.1. The number of rotatable bonds is 4. The van der Waals surface area contributed by atoms with E-state index in [1.807, 2.05) is 0 Å². The van der Waals surface area contributed by atoms with Gasteiger partial charge in [0.05, 0.1) is 5.52 Å². The van der Waals surface area contributed by atoms with Crippen LogP contribution in [0, 0.1) is 0 Å². The lowest BCUT2D eigenvalue weighted by Crippen LogP contribution is -2.07. The topological polar surface area (TPSA) is 4.93 Å². The molecule has 184 valence electrons. The summed E-state index contributed by atoms with van der Waals surface area (Å²) in [4.78, 5) is 0. The minimum Gasteiger partial charge on any atom is -0.313 e. The molecule has 1 heterocycles. The third kappa shape index (κ3) is 4.19. The molecule has 0 unspecified atom stereocenters. The van der Waals surface area contributed by atoms with Gasteiger partial charge in [-0.1, -0.05) is 94.8 Å². The fourth-order valence-electron chi connectivity index (χ4n) is 6.05. The van der Waals surface area contributed by atoms with Crippen LogP contribution in [0.1, 0.15) is 24.1 Å². The van der Waals surface area contributed by atoms with Crippen LogP contribution in [-0.2, 0) is 12.8 Å². The number of nitrogens with zero attached hydrogens (tertiary/aromatic N) is 1. The number of para-hydroxylation sites is 1. The van der Waals surface area contributed by atoms with E-state index in [1.54, 1.807) is 0 Å². The first-order valence-corrected chi connectivity index (χ1v) is 14.2. The molecule has 0 N–H and O–H groups in total. The molecule has 5 aromatic carbocycles. The molecule has 0 spiro atoms. The van der Waals surface area contributed by atoms with Crippen LogP contribution in [0.15, 0.2) is 126 Å². The average molecular weight is 555 g/mol. The lowest BCUT2D eigenvalue weighted by molar-refractivity contribution is 0.667. The van der Waals surface area contributed by atoms with Gasteiger partial charge < -0.3 is 4.57 Å². The van der Waals surface area contributed by atoms with E-state index in [-0.39, 0.29) is 0 Å². The molecule has 0 saturated carbocycles. The van der Waals surface area contributed by atoms with Crippen LogP contribution >= 0.6 is 15.9 Å². The number of fused-ring (bicyclic) bond motifs is 3. The van der Waals surface area contributed by atoms with Crippen LogP contribution in [-0.4, -0.2) is 4.57 Å². The van der Waals surface area contributed by atoms with Gasteiger partial charge in [-0.2, -0.15) is 0 Å². The van der Waals surface area contributed by atoms with Crippen molar-refractivity contribution in [3.63, 3.8) is 0 Å². The van der Waals surface area contributed by atoms with Gasteiger partial charge in [0.15, 0.2) is 0 Å². The second-order valence-corrected chi connectivity index (χ2v) is 11.1. The number of hydrogen-bond donors (Lipinski definition) is 0. The molecule has 7 rings (SSSR count). The Morgan fingerprint density at radius 2 is 1.05 bits per heavy atom. The number of hydrogen-bond acceptors (Lipinski definition) is 0. The van der Waals surface area contributed by atoms with Gasteiger partial charge in [0.25, 0.3) is 0 Å². The largest absolute Gasteiger partial charge is 0.313 e. The predicted octanol–water partition coefficient (Wildman–Crippen LogP) is 10.3. The van der Waals surface area contributed by atoms with Crippen LogP contribution in [0.3, 0.4) is 0 Å². The minimum absolute atomic E-state index is 1.10. The first-order valence-electron chi connectivity index (χ1n) is 13.4. The Hall–Kier alpha value is -3.88. The second-order valence-electron chi connectivity index (χ2n) is 10.2. The Kier molecular flexibility index (Phi) is 5.98. The highest BCUT2D eigenvalue weighted by Crippen LogP contribution is 2.38. The zero-order chi connectivity index (χ0) is 25.5. The lowest BCUT2D eigenvalue weighted by atomic mass is 9.93.